The van der Waals surface area contributed by atoms with Gasteiger partial charge in [0.05, 0.1) is 17.4 Å². The van der Waals surface area contributed by atoms with Crippen molar-refractivity contribution >= 4 is 21.4 Å². The van der Waals surface area contributed by atoms with Gasteiger partial charge in [-0.15, -0.1) is 0 Å². The monoisotopic (exact) mass is 283 g/mol. The second-order valence-corrected chi connectivity index (χ2v) is 6.81. The number of anilines is 1. The molecule has 1 heterocycles. The Morgan fingerprint density at radius 1 is 1.42 bits per heavy atom. The average Bonchev–Trinajstić information content (AvgIpc) is 2.84. The molecule has 0 radical (unpaired) electrons. The molecule has 1 atom stereocenters. The van der Waals surface area contributed by atoms with E-state index in [1.165, 1.54) is 6.07 Å². The second-order valence-electron chi connectivity index (χ2n) is 4.80. The lowest BCUT2D eigenvalue weighted by molar-refractivity contribution is -0.119. The van der Waals surface area contributed by atoms with Crippen LogP contribution in [0.3, 0.4) is 0 Å². The van der Waals surface area contributed by atoms with Gasteiger partial charge in [0.2, 0.25) is 5.91 Å². The quantitative estimate of drug-likeness (QED) is 0.909. The molecule has 0 bridgehead atoms. The highest BCUT2D eigenvalue weighted by molar-refractivity contribution is 7.90. The molecule has 1 N–H and O–H groups in total. The Labute approximate surface area is 112 Å². The van der Waals surface area contributed by atoms with Gasteiger partial charge in [0.15, 0.2) is 9.84 Å². The Bertz CT molecular complexity index is 589. The molecule has 1 unspecified atom stereocenters. The molecule has 0 saturated carbocycles. The number of amides is 1. The topological polar surface area (TPSA) is 72.5 Å². The van der Waals surface area contributed by atoms with Crippen LogP contribution in [0.1, 0.15) is 12.0 Å². The number of carbonyl (C=O) groups excluding carboxylic acids is 1. The maximum absolute atomic E-state index is 12.0. The van der Waals surface area contributed by atoms with Gasteiger partial charge >= 0.3 is 0 Å². The summed E-state index contributed by atoms with van der Waals surface area (Å²) in [4.78, 5) is 12.2. The van der Waals surface area contributed by atoms with Crippen molar-refractivity contribution in [3.63, 3.8) is 0 Å². The van der Waals surface area contributed by atoms with Crippen LogP contribution < -0.4 is 5.32 Å². The van der Waals surface area contributed by atoms with Gasteiger partial charge in [-0.3, -0.25) is 4.79 Å². The van der Waals surface area contributed by atoms with Gasteiger partial charge in [0.25, 0.3) is 0 Å². The van der Waals surface area contributed by atoms with Crippen molar-refractivity contribution in [1.29, 1.82) is 0 Å². The Balaban J connectivity index is 2.22. The number of hydrogen-bond donors (Lipinski definition) is 1. The van der Waals surface area contributed by atoms with Gasteiger partial charge in [-0.1, -0.05) is 6.07 Å². The third-order valence-corrected chi connectivity index (χ3v) is 4.31. The van der Waals surface area contributed by atoms with E-state index in [9.17, 15) is 13.2 Å². The molecular weight excluding hydrogens is 266 g/mol. The van der Waals surface area contributed by atoms with Crippen molar-refractivity contribution in [3.8, 4) is 0 Å². The number of nitrogens with one attached hydrogen (secondary N) is 1. The van der Waals surface area contributed by atoms with Crippen molar-refractivity contribution < 1.29 is 17.9 Å². The van der Waals surface area contributed by atoms with E-state index < -0.39 is 9.84 Å². The number of hydrogen-bond acceptors (Lipinski definition) is 4. The zero-order chi connectivity index (χ0) is 14.0. The molecule has 0 spiro atoms. The number of sulfone groups is 1. The van der Waals surface area contributed by atoms with Crippen LogP contribution in [0, 0.1) is 12.8 Å². The molecule has 1 aromatic rings. The van der Waals surface area contributed by atoms with Crippen molar-refractivity contribution in [2.75, 3.05) is 24.8 Å². The van der Waals surface area contributed by atoms with Gasteiger partial charge in [-0.25, -0.2) is 8.42 Å². The lowest BCUT2D eigenvalue weighted by Crippen LogP contribution is -2.23. The highest BCUT2D eigenvalue weighted by Gasteiger charge is 2.24. The SMILES string of the molecule is Cc1ccc(S(C)(=O)=O)cc1NC(=O)C1CCOC1. The zero-order valence-electron chi connectivity index (χ0n) is 11.0. The Morgan fingerprint density at radius 3 is 2.74 bits per heavy atom. The summed E-state index contributed by atoms with van der Waals surface area (Å²) in [5, 5.41) is 2.78. The van der Waals surface area contributed by atoms with E-state index in [0.29, 0.717) is 25.3 Å². The molecule has 104 valence electrons. The maximum atomic E-state index is 12.0. The first-order valence-corrected chi connectivity index (χ1v) is 7.96. The number of ether oxygens (including phenoxy) is 1. The minimum Gasteiger partial charge on any atom is -0.381 e. The van der Waals surface area contributed by atoms with Crippen LogP contribution in [0.2, 0.25) is 0 Å². The molecule has 2 rings (SSSR count). The molecule has 1 saturated heterocycles. The third-order valence-electron chi connectivity index (χ3n) is 3.20. The predicted molar refractivity (Wildman–Crippen MR) is 71.8 cm³/mol. The molecule has 0 aliphatic carbocycles. The maximum Gasteiger partial charge on any atom is 0.229 e. The fourth-order valence-electron chi connectivity index (χ4n) is 1.94. The van der Waals surface area contributed by atoms with Gasteiger partial charge in [-0.2, -0.15) is 0 Å². The summed E-state index contributed by atoms with van der Waals surface area (Å²) in [6.45, 7) is 2.85. The van der Waals surface area contributed by atoms with E-state index in [2.05, 4.69) is 5.32 Å². The summed E-state index contributed by atoms with van der Waals surface area (Å²) in [5.41, 5.74) is 1.37. The van der Waals surface area contributed by atoms with E-state index >= 15 is 0 Å². The van der Waals surface area contributed by atoms with Crippen LogP contribution in [0.25, 0.3) is 0 Å². The Morgan fingerprint density at radius 2 is 2.16 bits per heavy atom. The molecule has 5 nitrogen and oxygen atoms in total. The first-order chi connectivity index (χ1) is 8.88. The molecule has 1 aliphatic heterocycles. The molecule has 6 heteroatoms. The third kappa shape index (κ3) is 3.33. The Hall–Kier alpha value is -1.40. The number of rotatable bonds is 3. The van der Waals surface area contributed by atoms with Crippen molar-refractivity contribution in [2.45, 2.75) is 18.2 Å². The summed E-state index contributed by atoms with van der Waals surface area (Å²) in [7, 11) is -3.27. The van der Waals surface area contributed by atoms with E-state index in [1.807, 2.05) is 6.92 Å². The van der Waals surface area contributed by atoms with Crippen LogP contribution in [-0.2, 0) is 19.4 Å². The van der Waals surface area contributed by atoms with Gasteiger partial charge in [0.1, 0.15) is 0 Å². The smallest absolute Gasteiger partial charge is 0.229 e. The number of carbonyl (C=O) groups is 1. The van der Waals surface area contributed by atoms with Crippen molar-refractivity contribution in [3.05, 3.63) is 23.8 Å². The first kappa shape index (κ1) is 14.0. The highest BCUT2D eigenvalue weighted by Crippen LogP contribution is 2.22. The second kappa shape index (κ2) is 5.30. The summed E-state index contributed by atoms with van der Waals surface area (Å²) in [6.07, 6.45) is 1.85. The zero-order valence-corrected chi connectivity index (χ0v) is 11.8. The summed E-state index contributed by atoms with van der Waals surface area (Å²) < 4.78 is 28.2. The largest absolute Gasteiger partial charge is 0.381 e. The predicted octanol–water partition coefficient (Wildman–Crippen LogP) is 1.37. The fraction of sp³-hybridized carbons (Fsp3) is 0.462. The summed E-state index contributed by atoms with van der Waals surface area (Å²) in [5.74, 6) is -0.271. The standard InChI is InChI=1S/C13H17NO4S/c1-9-3-4-11(19(2,16)17)7-12(9)14-13(15)10-5-6-18-8-10/h3-4,7,10H,5-6,8H2,1-2H3,(H,14,15). The van der Waals surface area contributed by atoms with E-state index in [-0.39, 0.29) is 16.7 Å². The molecule has 19 heavy (non-hydrogen) atoms. The fourth-order valence-corrected chi connectivity index (χ4v) is 2.59. The molecule has 1 fully saturated rings. The summed E-state index contributed by atoms with van der Waals surface area (Å²) in [6, 6.07) is 4.73. The molecule has 0 aromatic heterocycles. The van der Waals surface area contributed by atoms with Gasteiger partial charge in [-0.05, 0) is 31.0 Å². The minimum absolute atomic E-state index is 0.119. The van der Waals surface area contributed by atoms with Gasteiger partial charge in [0, 0.05) is 18.6 Å². The van der Waals surface area contributed by atoms with E-state index in [0.717, 1.165) is 11.8 Å². The lowest BCUT2D eigenvalue weighted by Gasteiger charge is -2.12. The number of aryl methyl sites for hydroxylation is 1. The van der Waals surface area contributed by atoms with E-state index in [1.54, 1.807) is 12.1 Å². The molecular formula is C13H17NO4S. The van der Waals surface area contributed by atoms with Crippen LogP contribution in [0.4, 0.5) is 5.69 Å². The minimum atomic E-state index is -3.27. The van der Waals surface area contributed by atoms with Crippen LogP contribution in [-0.4, -0.2) is 33.8 Å². The van der Waals surface area contributed by atoms with Crippen molar-refractivity contribution in [1.82, 2.24) is 0 Å². The van der Waals surface area contributed by atoms with Crippen LogP contribution in [0.5, 0.6) is 0 Å². The molecule has 1 amide bonds. The lowest BCUT2D eigenvalue weighted by atomic mass is 10.1. The Kier molecular flexibility index (Phi) is 3.91. The van der Waals surface area contributed by atoms with Crippen molar-refractivity contribution in [2.24, 2.45) is 5.92 Å². The first-order valence-electron chi connectivity index (χ1n) is 6.07. The van der Waals surface area contributed by atoms with Crippen LogP contribution in [0.15, 0.2) is 23.1 Å². The van der Waals surface area contributed by atoms with Gasteiger partial charge < -0.3 is 10.1 Å². The van der Waals surface area contributed by atoms with Crippen LogP contribution >= 0.6 is 0 Å². The average molecular weight is 283 g/mol. The number of benzene rings is 1. The highest BCUT2D eigenvalue weighted by atomic mass is 32.2. The molecule has 1 aromatic carbocycles. The summed E-state index contributed by atoms with van der Waals surface area (Å²) >= 11 is 0. The normalized spacial score (nSPS) is 19.4. The van der Waals surface area contributed by atoms with E-state index in [4.69, 9.17) is 4.74 Å². The molecule has 1 aliphatic rings.